The first-order valence-electron chi connectivity index (χ1n) is 14.2. The van der Waals surface area contributed by atoms with Crippen LogP contribution in [0.4, 0.5) is 0 Å². The molecule has 0 heterocycles. The molecule has 42 heavy (non-hydrogen) atoms. The number of aliphatic hydroxyl groups excluding tert-OH is 1. The second-order valence-electron chi connectivity index (χ2n) is 12.5. The van der Waals surface area contributed by atoms with Crippen LogP contribution in [-0.4, -0.2) is 63.9 Å². The molecule has 2 N–H and O–H groups in total. The fraction of sp³-hybridized carbons (Fsp3) is 0.515. The summed E-state index contributed by atoms with van der Waals surface area (Å²) >= 11 is 0. The number of Topliss-reactive ketones (excluding diaryl/α,β-unsaturated/α-hetero) is 1. The van der Waals surface area contributed by atoms with Crippen molar-refractivity contribution in [1.82, 2.24) is 0 Å². The van der Waals surface area contributed by atoms with Crippen LogP contribution in [0.5, 0.6) is 0 Å². The maximum absolute atomic E-state index is 13.3. The Labute approximate surface area is 246 Å². The van der Waals surface area contributed by atoms with E-state index in [1.807, 2.05) is 30.3 Å². The van der Waals surface area contributed by atoms with E-state index in [1.54, 1.807) is 33.8 Å². The fourth-order valence-electron chi connectivity index (χ4n) is 7.32. The van der Waals surface area contributed by atoms with Gasteiger partial charge in [-0.15, -0.1) is 0 Å². The van der Waals surface area contributed by atoms with E-state index in [4.69, 9.17) is 14.2 Å². The quantitative estimate of drug-likeness (QED) is 0.230. The van der Waals surface area contributed by atoms with Gasteiger partial charge in [0.1, 0.15) is 30.0 Å². The predicted octanol–water partition coefficient (Wildman–Crippen LogP) is 3.87. The van der Waals surface area contributed by atoms with Crippen molar-refractivity contribution < 1.29 is 43.6 Å². The smallest absolute Gasteiger partial charge is 0.331 e. The number of rotatable bonds is 5. The molecule has 2 fully saturated rings. The molecule has 226 valence electrons. The van der Waals surface area contributed by atoms with Gasteiger partial charge in [-0.1, -0.05) is 57.7 Å². The molecule has 3 aliphatic carbocycles. The van der Waals surface area contributed by atoms with Crippen molar-refractivity contribution in [3.63, 3.8) is 0 Å². The second-order valence-corrected chi connectivity index (χ2v) is 12.5. The van der Waals surface area contributed by atoms with E-state index < -0.39 is 70.5 Å². The van der Waals surface area contributed by atoms with Gasteiger partial charge in [-0.3, -0.25) is 14.4 Å². The molecule has 3 aliphatic rings. The molecule has 2 bridgehead atoms. The van der Waals surface area contributed by atoms with Crippen molar-refractivity contribution in [2.75, 3.05) is 0 Å². The van der Waals surface area contributed by atoms with Gasteiger partial charge in [0, 0.05) is 43.1 Å². The number of esters is 3. The molecule has 0 aliphatic heterocycles. The zero-order chi connectivity index (χ0) is 31.2. The van der Waals surface area contributed by atoms with Crippen LogP contribution in [0.1, 0.15) is 66.4 Å². The number of carbonyl (C=O) groups excluding carboxylic acids is 4. The number of allylic oxidation sites excluding steroid dienone is 1. The molecule has 9 heteroatoms. The standard InChI is InChI=1S/C33H40O9/c1-18-23(36)17-33(39)29(40-20(3)34)27-19(2)24(42-25(37)14-13-22-11-9-8-10-12-22)15-16-32(27,7)30(41-21(4)35)28(38)26(18)31(33,5)6/h8-14,24,27-30,38-39H,2,15-17H2,1,3-7H3/b14-13+/t24-,27-,28+,29-,30-,32+,33+/m0/s1. The molecule has 1 aromatic rings. The van der Waals surface area contributed by atoms with Gasteiger partial charge in [0.25, 0.3) is 0 Å². The van der Waals surface area contributed by atoms with E-state index in [9.17, 15) is 29.4 Å². The molecule has 0 spiro atoms. The Kier molecular flexibility index (Phi) is 8.41. The second kappa shape index (κ2) is 11.3. The summed E-state index contributed by atoms with van der Waals surface area (Å²) in [6.45, 7) is 13.4. The molecule has 2 saturated carbocycles. The fourth-order valence-corrected chi connectivity index (χ4v) is 7.32. The molecule has 4 rings (SSSR count). The van der Waals surface area contributed by atoms with E-state index >= 15 is 0 Å². The molecule has 0 radical (unpaired) electrons. The van der Waals surface area contributed by atoms with Crippen LogP contribution in [0.25, 0.3) is 6.08 Å². The largest absolute Gasteiger partial charge is 0.459 e. The Balaban J connectivity index is 1.84. The summed E-state index contributed by atoms with van der Waals surface area (Å²) in [6.07, 6.45) is -1.75. The average Bonchev–Trinajstić information content (AvgIpc) is 2.90. The molecule has 9 nitrogen and oxygen atoms in total. The summed E-state index contributed by atoms with van der Waals surface area (Å²) in [5.74, 6) is -3.37. The Hall–Kier alpha value is -3.56. The SMILES string of the molecule is C=C1[C@@H](OC(=O)/C=C/c2ccccc2)CC[C@@]2(C)[C@@H](OC(C)=O)[C@H](O)C3=C(C)C(=O)C[C@@](O)([C@@H](OC(C)=O)[C@H]12)C3(C)C. The zero-order valence-electron chi connectivity index (χ0n) is 25.0. The first kappa shape index (κ1) is 31.4. The van der Waals surface area contributed by atoms with Crippen LogP contribution in [0.2, 0.25) is 0 Å². The first-order chi connectivity index (χ1) is 19.5. The number of ether oxygens (including phenoxy) is 3. The Morgan fingerprint density at radius 3 is 2.19 bits per heavy atom. The van der Waals surface area contributed by atoms with Crippen molar-refractivity contribution in [2.24, 2.45) is 16.7 Å². The highest BCUT2D eigenvalue weighted by Crippen LogP contribution is 2.61. The zero-order valence-corrected chi connectivity index (χ0v) is 25.0. The first-order valence-corrected chi connectivity index (χ1v) is 14.2. The molecule has 7 atom stereocenters. The maximum atomic E-state index is 13.3. The number of carbonyl (C=O) groups is 4. The minimum absolute atomic E-state index is 0.231. The number of benzene rings is 1. The molecule has 1 aromatic carbocycles. The summed E-state index contributed by atoms with van der Waals surface area (Å²) in [6, 6.07) is 9.23. The number of aliphatic hydroxyl groups is 2. The minimum atomic E-state index is -1.97. The van der Waals surface area contributed by atoms with Gasteiger partial charge in [-0.05, 0) is 48.1 Å². The Bertz CT molecular complexity index is 1360. The van der Waals surface area contributed by atoms with Crippen LogP contribution < -0.4 is 0 Å². The van der Waals surface area contributed by atoms with Gasteiger partial charge in [-0.2, -0.15) is 0 Å². The van der Waals surface area contributed by atoms with Gasteiger partial charge in [-0.25, -0.2) is 4.79 Å². The number of fused-ring (bicyclic) bond motifs is 3. The highest BCUT2D eigenvalue weighted by atomic mass is 16.6. The lowest BCUT2D eigenvalue weighted by molar-refractivity contribution is -0.232. The summed E-state index contributed by atoms with van der Waals surface area (Å²) < 4.78 is 17.5. The van der Waals surface area contributed by atoms with Crippen LogP contribution >= 0.6 is 0 Å². The van der Waals surface area contributed by atoms with Crippen LogP contribution in [0.3, 0.4) is 0 Å². The molecule has 0 aromatic heterocycles. The van der Waals surface area contributed by atoms with Crippen molar-refractivity contribution in [1.29, 1.82) is 0 Å². The molecular weight excluding hydrogens is 540 g/mol. The summed E-state index contributed by atoms with van der Waals surface area (Å²) in [5.41, 5.74) is -2.77. The molecule has 0 amide bonds. The number of hydrogen-bond acceptors (Lipinski definition) is 9. The Morgan fingerprint density at radius 1 is 1.00 bits per heavy atom. The molecular formula is C33H40O9. The van der Waals surface area contributed by atoms with E-state index in [0.29, 0.717) is 5.57 Å². The van der Waals surface area contributed by atoms with Gasteiger partial charge in [0.05, 0.1) is 0 Å². The normalized spacial score (nSPS) is 34.2. The van der Waals surface area contributed by atoms with Crippen molar-refractivity contribution in [2.45, 2.75) is 90.8 Å². The van der Waals surface area contributed by atoms with Gasteiger partial charge < -0.3 is 24.4 Å². The van der Waals surface area contributed by atoms with Crippen molar-refractivity contribution >= 4 is 29.8 Å². The lowest BCUT2D eigenvalue weighted by Crippen LogP contribution is -2.70. The van der Waals surface area contributed by atoms with Gasteiger partial charge >= 0.3 is 17.9 Å². The topological polar surface area (TPSA) is 136 Å². The summed E-state index contributed by atoms with van der Waals surface area (Å²) in [4.78, 5) is 51.2. The van der Waals surface area contributed by atoms with Crippen LogP contribution in [0, 0.1) is 16.7 Å². The minimum Gasteiger partial charge on any atom is -0.459 e. The van der Waals surface area contributed by atoms with Gasteiger partial charge in [0.15, 0.2) is 5.78 Å². The van der Waals surface area contributed by atoms with E-state index in [-0.39, 0.29) is 30.4 Å². The predicted molar refractivity (Wildman–Crippen MR) is 153 cm³/mol. The Morgan fingerprint density at radius 2 is 1.60 bits per heavy atom. The maximum Gasteiger partial charge on any atom is 0.331 e. The number of ketones is 1. The highest BCUT2D eigenvalue weighted by molar-refractivity contribution is 5.98. The van der Waals surface area contributed by atoms with Crippen LogP contribution in [0.15, 0.2) is 59.7 Å². The molecule has 0 saturated heterocycles. The van der Waals surface area contributed by atoms with Gasteiger partial charge in [0.2, 0.25) is 0 Å². The highest BCUT2D eigenvalue weighted by Gasteiger charge is 2.68. The van der Waals surface area contributed by atoms with E-state index in [2.05, 4.69) is 6.58 Å². The van der Waals surface area contributed by atoms with Crippen molar-refractivity contribution in [3.05, 3.63) is 65.3 Å². The third-order valence-corrected chi connectivity index (χ3v) is 9.54. The lowest BCUT2D eigenvalue weighted by Gasteiger charge is -2.61. The average molecular weight is 581 g/mol. The third-order valence-electron chi connectivity index (χ3n) is 9.54. The van der Waals surface area contributed by atoms with E-state index in [1.165, 1.54) is 19.9 Å². The lowest BCUT2D eigenvalue weighted by atomic mass is 9.48. The molecule has 0 unspecified atom stereocenters. The monoisotopic (exact) mass is 580 g/mol. The van der Waals surface area contributed by atoms with Crippen molar-refractivity contribution in [3.8, 4) is 0 Å². The van der Waals surface area contributed by atoms with Crippen LogP contribution in [-0.2, 0) is 33.4 Å². The van der Waals surface area contributed by atoms with E-state index in [0.717, 1.165) is 5.56 Å². The summed E-state index contributed by atoms with van der Waals surface area (Å²) in [5, 5.41) is 24.3. The summed E-state index contributed by atoms with van der Waals surface area (Å²) in [7, 11) is 0. The number of hydrogen-bond donors (Lipinski definition) is 2. The third kappa shape index (κ3) is 5.24.